The van der Waals surface area contributed by atoms with Crippen molar-refractivity contribution in [3.63, 3.8) is 0 Å². The zero-order valence-electron chi connectivity index (χ0n) is 10.1. The van der Waals surface area contributed by atoms with E-state index in [1.54, 1.807) is 6.07 Å². The smallest absolute Gasteiger partial charge is 0.335 e. The zero-order chi connectivity index (χ0) is 14.1. The van der Waals surface area contributed by atoms with Gasteiger partial charge >= 0.3 is 5.97 Å². The average Bonchev–Trinajstić information content (AvgIpc) is 2.79. The molecule has 0 aliphatic heterocycles. The molecule has 3 aromatic rings. The summed E-state index contributed by atoms with van der Waals surface area (Å²) in [4.78, 5) is 15.1. The SMILES string of the molecule is O=C(O)c1ccc2nc(Nc3cccc(Br)c3)oc2c1. The standard InChI is InChI=1S/C14H9BrN2O3/c15-9-2-1-3-10(7-9)16-14-17-11-5-4-8(13(18)19)6-12(11)20-14/h1-7H,(H,16,17)(H,18,19). The van der Waals surface area contributed by atoms with Gasteiger partial charge in [0.15, 0.2) is 5.58 Å². The van der Waals surface area contributed by atoms with Crippen LogP contribution >= 0.6 is 15.9 Å². The summed E-state index contributed by atoms with van der Waals surface area (Å²) in [5.41, 5.74) is 2.03. The summed E-state index contributed by atoms with van der Waals surface area (Å²) in [6.45, 7) is 0. The van der Waals surface area contributed by atoms with Crippen LogP contribution in [0, 0.1) is 0 Å². The number of hydrogen-bond acceptors (Lipinski definition) is 4. The van der Waals surface area contributed by atoms with E-state index in [0.29, 0.717) is 17.1 Å². The first-order chi connectivity index (χ1) is 9.61. The molecule has 0 saturated heterocycles. The summed E-state index contributed by atoms with van der Waals surface area (Å²) in [7, 11) is 0. The predicted octanol–water partition coefficient (Wildman–Crippen LogP) is 4.03. The second kappa shape index (κ2) is 4.97. The first-order valence-electron chi connectivity index (χ1n) is 5.78. The van der Waals surface area contributed by atoms with Gasteiger partial charge in [-0.05, 0) is 36.4 Å². The third kappa shape index (κ3) is 2.50. The number of carbonyl (C=O) groups is 1. The predicted molar refractivity (Wildman–Crippen MR) is 78.4 cm³/mol. The third-order valence-electron chi connectivity index (χ3n) is 2.71. The number of anilines is 2. The topological polar surface area (TPSA) is 75.4 Å². The van der Waals surface area contributed by atoms with E-state index in [-0.39, 0.29) is 5.56 Å². The molecule has 2 aromatic carbocycles. The van der Waals surface area contributed by atoms with E-state index in [0.717, 1.165) is 10.2 Å². The Morgan fingerprint density at radius 3 is 2.85 bits per heavy atom. The van der Waals surface area contributed by atoms with Crippen molar-refractivity contribution in [1.29, 1.82) is 0 Å². The number of aromatic nitrogens is 1. The van der Waals surface area contributed by atoms with Gasteiger partial charge < -0.3 is 14.8 Å². The molecule has 1 aromatic heterocycles. The number of nitrogens with one attached hydrogen (secondary N) is 1. The molecule has 0 spiro atoms. The van der Waals surface area contributed by atoms with Crippen LogP contribution in [-0.4, -0.2) is 16.1 Å². The fourth-order valence-electron chi connectivity index (χ4n) is 1.80. The lowest BCUT2D eigenvalue weighted by Gasteiger charge is -2.00. The number of carboxylic acid groups (broad SMARTS) is 1. The van der Waals surface area contributed by atoms with Crippen LogP contribution in [0.2, 0.25) is 0 Å². The highest BCUT2D eigenvalue weighted by atomic mass is 79.9. The summed E-state index contributed by atoms with van der Waals surface area (Å²) in [6, 6.07) is 12.5. The van der Waals surface area contributed by atoms with Crippen LogP contribution in [0.4, 0.5) is 11.7 Å². The van der Waals surface area contributed by atoms with Crippen LogP contribution in [-0.2, 0) is 0 Å². The Labute approximate surface area is 122 Å². The number of fused-ring (bicyclic) bond motifs is 1. The molecular weight excluding hydrogens is 324 g/mol. The molecule has 0 unspecified atom stereocenters. The normalized spacial score (nSPS) is 10.7. The maximum atomic E-state index is 10.9. The number of rotatable bonds is 3. The molecule has 1 heterocycles. The molecule has 6 heteroatoms. The van der Waals surface area contributed by atoms with Crippen LogP contribution in [0.5, 0.6) is 0 Å². The maximum Gasteiger partial charge on any atom is 0.335 e. The molecule has 0 atom stereocenters. The molecule has 100 valence electrons. The van der Waals surface area contributed by atoms with Gasteiger partial charge in [0, 0.05) is 10.2 Å². The first kappa shape index (κ1) is 12.7. The van der Waals surface area contributed by atoms with Crippen molar-refractivity contribution in [3.8, 4) is 0 Å². The molecule has 0 fully saturated rings. The van der Waals surface area contributed by atoms with Gasteiger partial charge in [0.05, 0.1) is 5.56 Å². The van der Waals surface area contributed by atoms with Gasteiger partial charge in [-0.15, -0.1) is 0 Å². The fourth-order valence-corrected chi connectivity index (χ4v) is 2.20. The van der Waals surface area contributed by atoms with Crippen LogP contribution < -0.4 is 5.32 Å². The first-order valence-corrected chi connectivity index (χ1v) is 6.57. The fraction of sp³-hybridized carbons (Fsp3) is 0. The molecular formula is C14H9BrN2O3. The Morgan fingerprint density at radius 1 is 1.25 bits per heavy atom. The Balaban J connectivity index is 1.95. The summed E-state index contributed by atoms with van der Waals surface area (Å²) < 4.78 is 6.44. The van der Waals surface area contributed by atoms with Gasteiger partial charge in [-0.25, -0.2) is 4.79 Å². The van der Waals surface area contributed by atoms with Crippen molar-refractivity contribution in [1.82, 2.24) is 4.98 Å². The van der Waals surface area contributed by atoms with Crippen molar-refractivity contribution < 1.29 is 14.3 Å². The molecule has 0 bridgehead atoms. The highest BCUT2D eigenvalue weighted by Gasteiger charge is 2.09. The highest BCUT2D eigenvalue weighted by Crippen LogP contribution is 2.24. The summed E-state index contributed by atoms with van der Waals surface area (Å²) in [5.74, 6) is -0.996. The number of nitrogens with zero attached hydrogens (tertiary/aromatic N) is 1. The third-order valence-corrected chi connectivity index (χ3v) is 3.20. The van der Waals surface area contributed by atoms with Gasteiger partial charge in [-0.1, -0.05) is 22.0 Å². The molecule has 3 rings (SSSR count). The lowest BCUT2D eigenvalue weighted by Crippen LogP contribution is -1.94. The van der Waals surface area contributed by atoms with Gasteiger partial charge in [-0.3, -0.25) is 0 Å². The Kier molecular flexibility index (Phi) is 3.15. The molecule has 0 radical (unpaired) electrons. The van der Waals surface area contributed by atoms with E-state index in [4.69, 9.17) is 9.52 Å². The number of halogens is 1. The molecule has 0 amide bonds. The minimum Gasteiger partial charge on any atom is -0.478 e. The van der Waals surface area contributed by atoms with E-state index in [1.807, 2.05) is 24.3 Å². The largest absolute Gasteiger partial charge is 0.478 e. The van der Waals surface area contributed by atoms with Gasteiger partial charge in [0.25, 0.3) is 6.01 Å². The van der Waals surface area contributed by atoms with E-state index < -0.39 is 5.97 Å². The number of benzene rings is 2. The van der Waals surface area contributed by atoms with Crippen LogP contribution in [0.3, 0.4) is 0 Å². The van der Waals surface area contributed by atoms with Crippen LogP contribution in [0.1, 0.15) is 10.4 Å². The van der Waals surface area contributed by atoms with E-state index in [1.165, 1.54) is 12.1 Å². The van der Waals surface area contributed by atoms with Crippen molar-refractivity contribution in [3.05, 3.63) is 52.5 Å². The summed E-state index contributed by atoms with van der Waals surface area (Å²) >= 11 is 3.38. The second-order valence-electron chi connectivity index (χ2n) is 4.14. The van der Waals surface area contributed by atoms with E-state index in [2.05, 4.69) is 26.2 Å². The Morgan fingerprint density at radius 2 is 2.10 bits per heavy atom. The lowest BCUT2D eigenvalue weighted by molar-refractivity contribution is 0.0697. The minimum atomic E-state index is -0.996. The second-order valence-corrected chi connectivity index (χ2v) is 5.06. The molecule has 0 saturated carbocycles. The van der Waals surface area contributed by atoms with Gasteiger partial charge in [0.1, 0.15) is 5.52 Å². The molecule has 0 aliphatic carbocycles. The quantitative estimate of drug-likeness (QED) is 0.757. The number of hydrogen-bond donors (Lipinski definition) is 2. The van der Waals surface area contributed by atoms with Crippen molar-refractivity contribution in [2.75, 3.05) is 5.32 Å². The molecule has 2 N–H and O–H groups in total. The number of aromatic carboxylic acids is 1. The van der Waals surface area contributed by atoms with Crippen molar-refractivity contribution >= 4 is 44.7 Å². The van der Waals surface area contributed by atoms with E-state index >= 15 is 0 Å². The molecule has 20 heavy (non-hydrogen) atoms. The highest BCUT2D eigenvalue weighted by molar-refractivity contribution is 9.10. The molecule has 0 aliphatic rings. The zero-order valence-corrected chi connectivity index (χ0v) is 11.7. The summed E-state index contributed by atoms with van der Waals surface area (Å²) in [5, 5.41) is 12.0. The number of oxazole rings is 1. The lowest BCUT2D eigenvalue weighted by atomic mass is 10.2. The van der Waals surface area contributed by atoms with Crippen LogP contribution in [0.25, 0.3) is 11.1 Å². The Bertz CT molecular complexity index is 798. The van der Waals surface area contributed by atoms with Gasteiger partial charge in [-0.2, -0.15) is 4.98 Å². The maximum absolute atomic E-state index is 10.9. The van der Waals surface area contributed by atoms with Crippen molar-refractivity contribution in [2.24, 2.45) is 0 Å². The van der Waals surface area contributed by atoms with Crippen molar-refractivity contribution in [2.45, 2.75) is 0 Å². The molecule has 5 nitrogen and oxygen atoms in total. The minimum absolute atomic E-state index is 0.169. The Hall–Kier alpha value is -2.34. The monoisotopic (exact) mass is 332 g/mol. The number of carboxylic acids is 1. The van der Waals surface area contributed by atoms with E-state index in [9.17, 15) is 4.79 Å². The average molecular weight is 333 g/mol. The summed E-state index contributed by atoms with van der Waals surface area (Å²) in [6.07, 6.45) is 0. The van der Waals surface area contributed by atoms with Gasteiger partial charge in [0.2, 0.25) is 0 Å². The van der Waals surface area contributed by atoms with Crippen LogP contribution in [0.15, 0.2) is 51.4 Å².